The van der Waals surface area contributed by atoms with E-state index in [1.807, 2.05) is 162 Å². The number of H-pyrrole nitrogens is 1. The van der Waals surface area contributed by atoms with Gasteiger partial charge in [-0.1, -0.05) is 107 Å². The molecule has 27 nitrogen and oxygen atoms in total. The summed E-state index contributed by atoms with van der Waals surface area (Å²) in [5.74, 6) is -5.38. The molecule has 10 heterocycles. The van der Waals surface area contributed by atoms with E-state index in [0.29, 0.717) is 71.1 Å². The maximum Gasteiger partial charge on any atom is 0.491 e. The molecule has 4 saturated heterocycles. The molecule has 12 aromatic rings. The second-order valence-electron chi connectivity index (χ2n) is 28.4. The molecule has 4 aliphatic rings. The largest absolute Gasteiger partial charge is 0.870 e. The predicted molar refractivity (Wildman–Crippen MR) is 515 cm³/mol. The van der Waals surface area contributed by atoms with Crippen LogP contribution in [0, 0.1) is 23.2 Å². The number of nitrogens with one attached hydrogen (secondary N) is 2. The van der Waals surface area contributed by atoms with Crippen molar-refractivity contribution < 1.29 is 84.5 Å². The summed E-state index contributed by atoms with van der Waals surface area (Å²) in [5, 5.41) is 26.1. The fraction of sp³-hybridized carbons (Fsp3) is 0.225. The van der Waals surface area contributed by atoms with Gasteiger partial charge in [0.1, 0.15) is 34.7 Å². The Morgan fingerprint density at radius 2 is 0.873 bits per heavy atom. The lowest BCUT2D eigenvalue weighted by atomic mass is 9.97. The van der Waals surface area contributed by atoms with Gasteiger partial charge in [-0.05, 0) is 262 Å². The molecule has 4 fully saturated rings. The molecule has 0 saturated carbocycles. The highest BCUT2D eigenvalue weighted by molar-refractivity contribution is 8.24. The molecular formula is C89H82Cl11F6N16O11P. The van der Waals surface area contributed by atoms with E-state index in [-0.39, 0.29) is 40.9 Å². The van der Waals surface area contributed by atoms with Gasteiger partial charge in [-0.2, -0.15) is 31.6 Å². The van der Waals surface area contributed by atoms with Crippen LogP contribution in [0.1, 0.15) is 25.7 Å². The first-order chi connectivity index (χ1) is 62.9. The minimum absolute atomic E-state index is 0. The fourth-order valence-corrected chi connectivity index (χ4v) is 14.5. The number of nitrogens with two attached hydrogens (primary N) is 3. The number of piperazine rings is 2. The number of primary amides is 3. The third-order valence-corrected chi connectivity index (χ3v) is 21.3. The summed E-state index contributed by atoms with van der Waals surface area (Å²) in [5.41, 5.74) is 16.0. The van der Waals surface area contributed by atoms with Gasteiger partial charge in [0.05, 0.1) is 24.4 Å². The number of esters is 2. The number of nitrogens with zero attached hydrogens (tertiary/aromatic N) is 11. The number of allylic oxidation sites excluding steroid dienone is 1. The van der Waals surface area contributed by atoms with E-state index in [4.69, 9.17) is 110 Å². The summed E-state index contributed by atoms with van der Waals surface area (Å²) < 4.78 is 79.2. The Kier molecular flexibility index (Phi) is 44.9. The predicted octanol–water partition coefficient (Wildman–Crippen LogP) is 19.7. The van der Waals surface area contributed by atoms with Crippen LogP contribution < -0.4 is 42.2 Å². The number of pyridine rings is 6. The first-order valence-electron chi connectivity index (χ1n) is 39.3. The highest BCUT2D eigenvalue weighted by Crippen LogP contribution is 2.61. The Labute approximate surface area is 818 Å². The number of alkyl halides is 6. The molecule has 6 aromatic heterocycles. The molecule has 708 valence electrons. The smallest absolute Gasteiger partial charge is 0.491 e. The van der Waals surface area contributed by atoms with E-state index in [0.717, 1.165) is 138 Å². The Morgan fingerprint density at radius 3 is 1.29 bits per heavy atom. The standard InChI is InChI=1S/C17H17ClN4O2.C17H15ClN4O.C15H16ClN3O.C9H5Cl2N.2C9H6ClN.C6H12N2O.C4F6O3.C3H3ClO.Cl3OP.H2O/c1-2-15(23)22-8-7-21(10-14(22)16(19)24)17-13-4-3-12(18)9-11(13)5-6-20-17;1-2-16(23)22-8-7-21(11-14(22)10-19)17-15-4-3-13(18)9-12(15)5-6-20-17;16-12-3-4-13-10(8-12)5-6-18-15(13)19-7-1-2-11(9-19)14(17)20;10-7-1-2-8-6(5-7)3-4-12-9(8)11;2*10-9-2-1-8-6-11-4-3-7(8)5-9;7-6(9)5-2-1-3-8-4-5;5-3(6,7)1(11)13-2(12)4(8,9)10;1-2-3(4)5;1-5(2,3)4;/h2-6,9,14H,1,7-8,10H2,(H2,19,24);2-6,9,14H,1,7-8,11H2;3-6,8,11H,1-2,7,9H2,(H2,17,20);1-5H;2*1-6H;5,8H,1-4H2,(H2,7,9);;2H,1H2;;1H2. The molecule has 0 bridgehead atoms. The van der Waals surface area contributed by atoms with Gasteiger partial charge in [0, 0.05) is 158 Å². The number of fused-ring (bicyclic) bond motifs is 6. The third kappa shape index (κ3) is 35.7. The lowest BCUT2D eigenvalue weighted by Gasteiger charge is -2.40. The Hall–Kier alpha value is -11.0. The van der Waals surface area contributed by atoms with E-state index >= 15 is 0 Å². The van der Waals surface area contributed by atoms with Crippen molar-refractivity contribution in [2.45, 2.75) is 50.1 Å². The highest BCUT2D eigenvalue weighted by atomic mass is 36.0. The molecule has 45 heteroatoms. The normalized spacial score (nSPS) is 15.5. The zero-order chi connectivity index (χ0) is 98.0. The summed E-state index contributed by atoms with van der Waals surface area (Å²) in [6.45, 7) is 16.1. The zero-order valence-electron chi connectivity index (χ0n) is 70.1. The number of carbonyl (C=O) groups excluding carboxylic acids is 8. The quantitative estimate of drug-likeness (QED) is 0.0198. The summed E-state index contributed by atoms with van der Waals surface area (Å²) in [6.07, 6.45) is 10.4. The molecule has 0 aliphatic carbocycles. The number of hydrogen-bond donors (Lipinski definition) is 4. The zero-order valence-corrected chi connectivity index (χ0v) is 79.3. The molecule has 0 radical (unpaired) electrons. The van der Waals surface area contributed by atoms with Crippen molar-refractivity contribution in [1.82, 2.24) is 40.0 Å². The molecule has 16 rings (SSSR count). The van der Waals surface area contributed by atoms with Crippen LogP contribution >= 0.6 is 132 Å². The van der Waals surface area contributed by atoms with Crippen molar-refractivity contribution in [1.29, 1.82) is 5.26 Å². The van der Waals surface area contributed by atoms with Gasteiger partial charge in [-0.25, -0.2) is 34.5 Å². The molecule has 6 aromatic carbocycles. The number of amides is 5. The van der Waals surface area contributed by atoms with Crippen LogP contribution in [0.15, 0.2) is 233 Å². The number of ether oxygens (including phenoxy) is 1. The third-order valence-electron chi connectivity index (χ3n) is 19.4. The molecule has 5 amide bonds. The summed E-state index contributed by atoms with van der Waals surface area (Å²) in [7, 11) is 0. The van der Waals surface area contributed by atoms with Gasteiger partial charge in [0.2, 0.25) is 34.8 Å². The highest BCUT2D eigenvalue weighted by Gasteiger charge is 2.49. The van der Waals surface area contributed by atoms with Crippen LogP contribution in [0.3, 0.4) is 0 Å². The molecule has 134 heavy (non-hydrogen) atoms. The van der Waals surface area contributed by atoms with Crippen molar-refractivity contribution in [2.75, 3.05) is 80.1 Å². The SMILES string of the molecule is C=CC(=O)Cl.C=CC(=O)N1CCN(c2nccc3cc(Cl)ccc23)CC1C#N.C=CC(=O)N1CCN(c2nccc3cc(Cl)ccc23)CC1C(N)=O.Clc1ccc2c(Cl)nccc2c1.Clc1ccc2c[nH+]ccc2c1.Clc1ccc2cnccc2c1.NC(=O)C1CCCN(c2nccc3cc(Cl)ccc23)C1.NC(=O)C1CCCNC1.O=C(OC(=O)C(F)(F)F)C(F)(F)F.O=P(Cl)(Cl)Cl.[OH-]. The molecular weight excluding hydrogens is 2000 g/mol. The van der Waals surface area contributed by atoms with Gasteiger partial charge in [-0.3, -0.25) is 38.3 Å². The topological polar surface area (TPSA) is 402 Å². The van der Waals surface area contributed by atoms with Crippen molar-refractivity contribution in [3.05, 3.63) is 268 Å². The van der Waals surface area contributed by atoms with E-state index < -0.39 is 52.7 Å². The van der Waals surface area contributed by atoms with Crippen molar-refractivity contribution >= 4 is 261 Å². The van der Waals surface area contributed by atoms with Gasteiger partial charge in [0.25, 0.3) is 0 Å². The number of carbonyl (C=O) groups is 8. The van der Waals surface area contributed by atoms with Crippen LogP contribution in [0.2, 0.25) is 35.3 Å². The van der Waals surface area contributed by atoms with Crippen LogP contribution in [0.25, 0.3) is 64.6 Å². The number of nitriles is 1. The average molecular weight is 2090 g/mol. The van der Waals surface area contributed by atoms with E-state index in [9.17, 15) is 74.5 Å². The van der Waals surface area contributed by atoms with Crippen LogP contribution in [0.5, 0.6) is 0 Å². The van der Waals surface area contributed by atoms with Gasteiger partial charge in [0.15, 0.2) is 12.4 Å². The van der Waals surface area contributed by atoms with E-state index in [1.54, 1.807) is 48.0 Å². The number of piperidine rings is 2. The van der Waals surface area contributed by atoms with Gasteiger partial charge >= 0.3 is 29.5 Å². The van der Waals surface area contributed by atoms with Crippen LogP contribution in [-0.4, -0.2) is 177 Å². The van der Waals surface area contributed by atoms with Crippen LogP contribution in [-0.2, 0) is 47.7 Å². The maximum absolute atomic E-state index is 11.9. The summed E-state index contributed by atoms with van der Waals surface area (Å²) in [4.78, 5) is 120. The molecule has 0 spiro atoms. The van der Waals surface area contributed by atoms with Crippen molar-refractivity contribution in [3.63, 3.8) is 0 Å². The van der Waals surface area contributed by atoms with Gasteiger partial charge in [-0.15, -0.1) is 0 Å². The Bertz CT molecular complexity index is 6170. The number of benzene rings is 6. The number of hydrogen-bond acceptors (Lipinski definition) is 21. The van der Waals surface area contributed by atoms with E-state index in [2.05, 4.69) is 104 Å². The summed E-state index contributed by atoms with van der Waals surface area (Å²) in [6, 6.07) is 46.6. The maximum atomic E-state index is 11.9. The number of anilines is 3. The molecule has 4 aliphatic heterocycles. The van der Waals surface area contributed by atoms with Crippen molar-refractivity contribution in [2.24, 2.45) is 29.0 Å². The number of aromatic nitrogens is 6. The second-order valence-corrected chi connectivity index (χ2v) is 38.4. The minimum atomic E-state index is -5.62. The van der Waals surface area contributed by atoms with Crippen molar-refractivity contribution in [3.8, 4) is 6.07 Å². The first-order valence-corrected chi connectivity index (χ1v) is 46.7. The van der Waals surface area contributed by atoms with Crippen LogP contribution in [0.4, 0.5) is 43.8 Å². The monoisotopic (exact) mass is 2080 g/mol. The number of halogens is 17. The minimum Gasteiger partial charge on any atom is -0.870 e. The summed E-state index contributed by atoms with van der Waals surface area (Å²) >= 11 is 59.9. The van der Waals surface area contributed by atoms with E-state index in [1.165, 1.54) is 22.4 Å². The second kappa shape index (κ2) is 53.9. The Balaban J connectivity index is 0.000000236. The lowest BCUT2D eigenvalue weighted by Crippen LogP contribution is -2.59. The lowest BCUT2D eigenvalue weighted by molar-refractivity contribution is -0.375. The van der Waals surface area contributed by atoms with Gasteiger partial charge < -0.3 is 57.2 Å². The Morgan fingerprint density at radius 1 is 0.485 bits per heavy atom. The first kappa shape index (κ1) is 112. The molecule has 9 N–H and O–H groups in total. The number of rotatable bonds is 9. The number of aromatic amines is 1. The fourth-order valence-electron chi connectivity index (χ4n) is 13.2. The average Bonchev–Trinajstić information content (AvgIpc) is 0.778. The molecule has 4 unspecified atom stereocenters. The molecule has 4 atom stereocenters.